The van der Waals surface area contributed by atoms with Gasteiger partial charge in [0.1, 0.15) is 0 Å². The largest absolute Gasteiger partial charge is 0.380 e. The van der Waals surface area contributed by atoms with Gasteiger partial charge in [-0.1, -0.05) is 12.1 Å². The zero-order chi connectivity index (χ0) is 13.4. The lowest BCUT2D eigenvalue weighted by Gasteiger charge is -2.14. The number of nitrogens with two attached hydrogens (primary N) is 1. The Morgan fingerprint density at radius 3 is 2.61 bits per heavy atom. The van der Waals surface area contributed by atoms with Crippen molar-refractivity contribution in [2.75, 3.05) is 25.1 Å². The highest BCUT2D eigenvalue weighted by Gasteiger charge is 2.04. The summed E-state index contributed by atoms with van der Waals surface area (Å²) in [5.41, 5.74) is 6.90. The van der Waals surface area contributed by atoms with Crippen molar-refractivity contribution in [3.63, 3.8) is 0 Å². The van der Waals surface area contributed by atoms with E-state index in [2.05, 4.69) is 17.6 Å². The summed E-state index contributed by atoms with van der Waals surface area (Å²) in [7, 11) is 0. The van der Waals surface area contributed by atoms with Gasteiger partial charge >= 0.3 is 6.03 Å². The highest BCUT2D eigenvalue weighted by Crippen LogP contribution is 2.15. The summed E-state index contributed by atoms with van der Waals surface area (Å²) < 4.78 is 5.26. The molecule has 0 saturated heterocycles. The summed E-state index contributed by atoms with van der Waals surface area (Å²) in [5.74, 6) is 0. The van der Waals surface area contributed by atoms with Crippen molar-refractivity contribution in [3.8, 4) is 0 Å². The number of anilines is 1. The zero-order valence-corrected chi connectivity index (χ0v) is 10.9. The minimum absolute atomic E-state index is 0.244. The molecule has 0 saturated carbocycles. The minimum atomic E-state index is -0.550. The molecule has 5 heteroatoms. The van der Waals surface area contributed by atoms with E-state index in [1.165, 1.54) is 0 Å². The molecule has 1 aromatic carbocycles. The second-order valence-electron chi connectivity index (χ2n) is 3.98. The maximum Gasteiger partial charge on any atom is 0.316 e. The van der Waals surface area contributed by atoms with Gasteiger partial charge in [-0.25, -0.2) is 4.79 Å². The molecule has 0 aliphatic heterocycles. The number of benzene rings is 1. The Morgan fingerprint density at radius 1 is 1.39 bits per heavy atom. The van der Waals surface area contributed by atoms with Crippen LogP contribution in [0.5, 0.6) is 0 Å². The standard InChI is InChI=1S/C13H21N3O2/c1-3-18-9-8-15-10(2)11-4-6-12(7-5-11)16-13(14)17/h4-7,10,15H,3,8-9H2,1-2H3,(H3,14,16,17). The SMILES string of the molecule is CCOCCNC(C)c1ccc(NC(N)=O)cc1. The number of amides is 2. The first-order chi connectivity index (χ1) is 8.63. The second kappa shape index (κ2) is 7.68. The van der Waals surface area contributed by atoms with E-state index >= 15 is 0 Å². The molecule has 100 valence electrons. The van der Waals surface area contributed by atoms with Crippen LogP contribution in [-0.4, -0.2) is 25.8 Å². The number of rotatable bonds is 7. The van der Waals surface area contributed by atoms with Crippen molar-refractivity contribution in [2.45, 2.75) is 19.9 Å². The third-order valence-electron chi connectivity index (χ3n) is 2.58. The van der Waals surface area contributed by atoms with E-state index in [4.69, 9.17) is 10.5 Å². The normalized spacial score (nSPS) is 12.1. The molecule has 0 aliphatic rings. The number of urea groups is 1. The lowest BCUT2D eigenvalue weighted by Crippen LogP contribution is -2.23. The van der Waals surface area contributed by atoms with Gasteiger partial charge in [0.05, 0.1) is 6.61 Å². The van der Waals surface area contributed by atoms with Gasteiger partial charge in [0, 0.05) is 24.9 Å². The summed E-state index contributed by atoms with van der Waals surface area (Å²) in [6, 6.07) is 7.29. The van der Waals surface area contributed by atoms with Crippen LogP contribution in [-0.2, 0) is 4.74 Å². The highest BCUT2D eigenvalue weighted by atomic mass is 16.5. The van der Waals surface area contributed by atoms with Crippen LogP contribution in [0.15, 0.2) is 24.3 Å². The van der Waals surface area contributed by atoms with E-state index in [0.29, 0.717) is 12.3 Å². The molecule has 4 N–H and O–H groups in total. The van der Waals surface area contributed by atoms with Crippen molar-refractivity contribution in [3.05, 3.63) is 29.8 Å². The minimum Gasteiger partial charge on any atom is -0.380 e. The smallest absolute Gasteiger partial charge is 0.316 e. The monoisotopic (exact) mass is 251 g/mol. The maximum atomic E-state index is 10.7. The summed E-state index contributed by atoms with van der Waals surface area (Å²) in [6.07, 6.45) is 0. The van der Waals surface area contributed by atoms with E-state index in [-0.39, 0.29) is 6.04 Å². The number of hydrogen-bond acceptors (Lipinski definition) is 3. The van der Waals surface area contributed by atoms with E-state index in [0.717, 1.165) is 18.7 Å². The molecule has 0 radical (unpaired) electrons. The quantitative estimate of drug-likeness (QED) is 0.647. The molecule has 1 rings (SSSR count). The molecule has 0 aliphatic carbocycles. The number of carbonyl (C=O) groups excluding carboxylic acids is 1. The van der Waals surface area contributed by atoms with Gasteiger partial charge < -0.3 is 21.1 Å². The summed E-state index contributed by atoms with van der Waals surface area (Å²) in [5, 5.41) is 5.89. The molecule has 1 atom stereocenters. The lowest BCUT2D eigenvalue weighted by atomic mass is 10.1. The van der Waals surface area contributed by atoms with Crippen LogP contribution < -0.4 is 16.4 Å². The lowest BCUT2D eigenvalue weighted by molar-refractivity contribution is 0.147. The van der Waals surface area contributed by atoms with Gasteiger partial charge in [-0.05, 0) is 31.5 Å². The number of ether oxygens (including phenoxy) is 1. The Labute approximate surface area is 108 Å². The third-order valence-corrected chi connectivity index (χ3v) is 2.58. The maximum absolute atomic E-state index is 10.7. The van der Waals surface area contributed by atoms with E-state index in [9.17, 15) is 4.79 Å². The van der Waals surface area contributed by atoms with Crippen LogP contribution in [0.25, 0.3) is 0 Å². The van der Waals surface area contributed by atoms with Crippen molar-refractivity contribution in [1.82, 2.24) is 5.32 Å². The molecule has 0 bridgehead atoms. The Morgan fingerprint density at radius 2 is 2.06 bits per heavy atom. The third kappa shape index (κ3) is 5.16. The van der Waals surface area contributed by atoms with Crippen molar-refractivity contribution in [1.29, 1.82) is 0 Å². The molecular formula is C13H21N3O2. The average molecular weight is 251 g/mol. The van der Waals surface area contributed by atoms with Gasteiger partial charge in [-0.15, -0.1) is 0 Å². The van der Waals surface area contributed by atoms with Crippen LogP contribution in [0.3, 0.4) is 0 Å². The summed E-state index contributed by atoms with van der Waals surface area (Å²) in [4.78, 5) is 10.7. The van der Waals surface area contributed by atoms with Crippen molar-refractivity contribution in [2.24, 2.45) is 5.73 Å². The molecule has 0 aromatic heterocycles. The van der Waals surface area contributed by atoms with Gasteiger partial charge in [0.15, 0.2) is 0 Å². The number of nitrogens with one attached hydrogen (secondary N) is 2. The zero-order valence-electron chi connectivity index (χ0n) is 10.9. The van der Waals surface area contributed by atoms with Gasteiger partial charge in [-0.2, -0.15) is 0 Å². The first-order valence-electron chi connectivity index (χ1n) is 6.11. The van der Waals surface area contributed by atoms with Gasteiger partial charge in [0.25, 0.3) is 0 Å². The van der Waals surface area contributed by atoms with E-state index in [1.54, 1.807) is 0 Å². The molecular weight excluding hydrogens is 230 g/mol. The molecule has 1 unspecified atom stereocenters. The molecule has 0 fully saturated rings. The summed E-state index contributed by atoms with van der Waals surface area (Å²) in [6.45, 7) is 6.33. The van der Waals surface area contributed by atoms with Crippen LogP contribution in [0.2, 0.25) is 0 Å². The average Bonchev–Trinajstić information content (AvgIpc) is 2.34. The highest BCUT2D eigenvalue weighted by molar-refractivity contribution is 5.87. The molecule has 5 nitrogen and oxygen atoms in total. The fourth-order valence-electron chi connectivity index (χ4n) is 1.61. The second-order valence-corrected chi connectivity index (χ2v) is 3.98. The van der Waals surface area contributed by atoms with Crippen LogP contribution >= 0.6 is 0 Å². The molecule has 2 amide bonds. The topological polar surface area (TPSA) is 76.4 Å². The van der Waals surface area contributed by atoms with E-state index in [1.807, 2.05) is 31.2 Å². The van der Waals surface area contributed by atoms with Crippen LogP contribution in [0.4, 0.5) is 10.5 Å². The van der Waals surface area contributed by atoms with Crippen molar-refractivity contribution < 1.29 is 9.53 Å². The summed E-state index contributed by atoms with van der Waals surface area (Å²) >= 11 is 0. The first kappa shape index (κ1) is 14.5. The fraction of sp³-hybridized carbons (Fsp3) is 0.462. The molecule has 1 aromatic rings. The van der Waals surface area contributed by atoms with Gasteiger partial charge in [-0.3, -0.25) is 0 Å². The number of hydrogen-bond donors (Lipinski definition) is 3. The Balaban J connectivity index is 2.43. The van der Waals surface area contributed by atoms with E-state index < -0.39 is 6.03 Å². The Bertz CT molecular complexity index is 365. The first-order valence-corrected chi connectivity index (χ1v) is 6.11. The Kier molecular flexibility index (Phi) is 6.18. The Hall–Kier alpha value is -1.59. The molecule has 18 heavy (non-hydrogen) atoms. The van der Waals surface area contributed by atoms with Crippen LogP contribution in [0.1, 0.15) is 25.5 Å². The number of primary amides is 1. The molecule has 0 heterocycles. The predicted octanol–water partition coefficient (Wildman–Crippen LogP) is 1.86. The number of carbonyl (C=O) groups is 1. The fourth-order valence-corrected chi connectivity index (χ4v) is 1.61. The van der Waals surface area contributed by atoms with Crippen molar-refractivity contribution >= 4 is 11.7 Å². The van der Waals surface area contributed by atoms with Gasteiger partial charge in [0.2, 0.25) is 0 Å². The molecule has 0 spiro atoms. The van der Waals surface area contributed by atoms with Crippen LogP contribution in [0, 0.1) is 0 Å². The predicted molar refractivity (Wildman–Crippen MR) is 72.6 cm³/mol.